The largest absolute Gasteiger partial charge is 0.494 e. The predicted molar refractivity (Wildman–Crippen MR) is 80.5 cm³/mol. The molecular weight excluding hydrogens is 258 g/mol. The molecule has 1 N–H and O–H groups in total. The lowest BCUT2D eigenvalue weighted by Crippen LogP contribution is -2.31. The summed E-state index contributed by atoms with van der Waals surface area (Å²) in [5.74, 6) is 0.515. The summed E-state index contributed by atoms with van der Waals surface area (Å²) < 4.78 is 5.35. The molecule has 0 saturated carbocycles. The third-order valence-electron chi connectivity index (χ3n) is 3.09. The molecule has 0 aliphatic carbocycles. The zero-order chi connectivity index (χ0) is 15.1. The maximum atomic E-state index is 10.9. The van der Waals surface area contributed by atoms with Gasteiger partial charge in [-0.05, 0) is 27.8 Å². The van der Waals surface area contributed by atoms with E-state index in [0.29, 0.717) is 24.1 Å². The number of ether oxygens (including phenoxy) is 1. The van der Waals surface area contributed by atoms with Gasteiger partial charge in [0.15, 0.2) is 0 Å². The Bertz CT molecular complexity index is 449. The fourth-order valence-corrected chi connectivity index (χ4v) is 1.68. The van der Waals surface area contributed by atoms with Crippen LogP contribution in [0.2, 0.25) is 0 Å². The Balaban J connectivity index is 2.70. The summed E-state index contributed by atoms with van der Waals surface area (Å²) in [6.45, 7) is 8.17. The molecule has 6 nitrogen and oxygen atoms in total. The summed E-state index contributed by atoms with van der Waals surface area (Å²) in [6, 6.07) is 5.22. The van der Waals surface area contributed by atoms with Gasteiger partial charge < -0.3 is 15.0 Å². The topological polar surface area (TPSA) is 67.6 Å². The molecule has 0 unspecified atom stereocenters. The Morgan fingerprint density at radius 3 is 2.65 bits per heavy atom. The number of rotatable bonds is 8. The van der Waals surface area contributed by atoms with Crippen molar-refractivity contribution in [3.05, 3.63) is 28.3 Å². The van der Waals surface area contributed by atoms with Crippen LogP contribution in [0.3, 0.4) is 0 Å². The van der Waals surface area contributed by atoms with Gasteiger partial charge in [0.2, 0.25) is 0 Å². The normalized spacial score (nSPS) is 10.9. The third kappa shape index (κ3) is 5.05. The van der Waals surface area contributed by atoms with Crippen molar-refractivity contribution in [2.75, 3.05) is 32.1 Å². The summed E-state index contributed by atoms with van der Waals surface area (Å²) in [4.78, 5) is 12.7. The van der Waals surface area contributed by atoms with Crippen LogP contribution in [0.1, 0.15) is 20.8 Å². The Hall–Kier alpha value is -1.82. The van der Waals surface area contributed by atoms with E-state index in [-0.39, 0.29) is 5.69 Å². The first-order valence-electron chi connectivity index (χ1n) is 6.80. The van der Waals surface area contributed by atoms with E-state index in [1.165, 1.54) is 12.1 Å². The number of nitro groups is 1. The monoisotopic (exact) mass is 281 g/mol. The van der Waals surface area contributed by atoms with E-state index in [9.17, 15) is 10.1 Å². The zero-order valence-electron chi connectivity index (χ0n) is 12.5. The van der Waals surface area contributed by atoms with Gasteiger partial charge in [-0.2, -0.15) is 0 Å². The van der Waals surface area contributed by atoms with Crippen molar-refractivity contribution in [1.29, 1.82) is 0 Å². The molecule has 0 bridgehead atoms. The Kier molecular flexibility index (Phi) is 6.24. The molecule has 0 aliphatic heterocycles. The van der Waals surface area contributed by atoms with Crippen molar-refractivity contribution >= 4 is 11.4 Å². The molecule has 0 saturated heterocycles. The van der Waals surface area contributed by atoms with Crippen LogP contribution < -0.4 is 10.1 Å². The van der Waals surface area contributed by atoms with E-state index in [1.807, 2.05) is 14.0 Å². The van der Waals surface area contributed by atoms with Crippen molar-refractivity contribution < 1.29 is 9.66 Å². The molecule has 0 fully saturated rings. The third-order valence-corrected chi connectivity index (χ3v) is 3.09. The van der Waals surface area contributed by atoms with Gasteiger partial charge in [0.1, 0.15) is 5.75 Å². The molecule has 0 aliphatic rings. The number of non-ortho nitro benzene ring substituents is 1. The molecule has 20 heavy (non-hydrogen) atoms. The summed E-state index contributed by atoms with van der Waals surface area (Å²) in [7, 11) is 2.05. The summed E-state index contributed by atoms with van der Waals surface area (Å²) in [5, 5.41) is 14.1. The molecular formula is C14H23N3O3. The Morgan fingerprint density at radius 1 is 1.40 bits per heavy atom. The van der Waals surface area contributed by atoms with Crippen molar-refractivity contribution in [3.63, 3.8) is 0 Å². The summed E-state index contributed by atoms with van der Waals surface area (Å²) >= 11 is 0. The number of hydrogen-bond acceptors (Lipinski definition) is 5. The Labute approximate surface area is 119 Å². The lowest BCUT2D eigenvalue weighted by molar-refractivity contribution is -0.384. The van der Waals surface area contributed by atoms with Crippen LogP contribution in [0.5, 0.6) is 5.75 Å². The van der Waals surface area contributed by atoms with Gasteiger partial charge in [0.05, 0.1) is 17.6 Å². The van der Waals surface area contributed by atoms with Crippen molar-refractivity contribution in [1.82, 2.24) is 4.90 Å². The first-order valence-corrected chi connectivity index (χ1v) is 6.80. The van der Waals surface area contributed by atoms with Gasteiger partial charge >= 0.3 is 0 Å². The van der Waals surface area contributed by atoms with Crippen LogP contribution in [0.25, 0.3) is 0 Å². The number of nitrogens with zero attached hydrogens (tertiary/aromatic N) is 2. The smallest absolute Gasteiger partial charge is 0.275 e. The Morgan fingerprint density at radius 2 is 2.10 bits per heavy atom. The van der Waals surface area contributed by atoms with Crippen LogP contribution >= 0.6 is 0 Å². The van der Waals surface area contributed by atoms with Crippen molar-refractivity contribution in [2.24, 2.45) is 0 Å². The minimum absolute atomic E-state index is 0.0377. The number of nitrogens with one attached hydrogen (secondary N) is 1. The quantitative estimate of drug-likeness (QED) is 0.586. The molecule has 1 aromatic rings. The van der Waals surface area contributed by atoms with Gasteiger partial charge in [-0.25, -0.2) is 0 Å². The van der Waals surface area contributed by atoms with Crippen LogP contribution in [-0.4, -0.2) is 42.6 Å². The molecule has 0 heterocycles. The number of likely N-dealkylation sites (N-methyl/N-ethyl adjacent to an activating group) is 1. The highest BCUT2D eigenvalue weighted by Crippen LogP contribution is 2.25. The van der Waals surface area contributed by atoms with E-state index < -0.39 is 4.92 Å². The van der Waals surface area contributed by atoms with Crippen molar-refractivity contribution in [2.45, 2.75) is 26.8 Å². The minimum atomic E-state index is -0.409. The highest BCUT2D eigenvalue weighted by atomic mass is 16.6. The van der Waals surface area contributed by atoms with E-state index in [2.05, 4.69) is 24.1 Å². The lowest BCUT2D eigenvalue weighted by atomic mass is 10.2. The maximum Gasteiger partial charge on any atom is 0.275 e. The molecule has 0 amide bonds. The maximum absolute atomic E-state index is 10.9. The first kappa shape index (κ1) is 16.2. The SMILES string of the molecule is CCOc1cc(NCCN(C)C(C)C)cc([N+](=O)[O-])c1. The molecule has 0 aromatic heterocycles. The van der Waals surface area contributed by atoms with Crippen LogP contribution in [-0.2, 0) is 0 Å². The zero-order valence-corrected chi connectivity index (χ0v) is 12.5. The highest BCUT2D eigenvalue weighted by molar-refractivity contribution is 5.56. The standard InChI is InChI=1S/C14H23N3O3/c1-5-20-14-9-12(8-13(10-14)17(18)19)15-6-7-16(4)11(2)3/h8-11,15H,5-7H2,1-4H3. The second kappa shape index (κ2) is 7.69. The number of benzene rings is 1. The van der Waals surface area contributed by atoms with Gasteiger partial charge in [0.25, 0.3) is 5.69 Å². The van der Waals surface area contributed by atoms with E-state index in [4.69, 9.17) is 4.74 Å². The lowest BCUT2D eigenvalue weighted by Gasteiger charge is -2.21. The van der Waals surface area contributed by atoms with Gasteiger partial charge in [0, 0.05) is 37.0 Å². The molecule has 112 valence electrons. The van der Waals surface area contributed by atoms with Gasteiger partial charge in [-0.3, -0.25) is 10.1 Å². The van der Waals surface area contributed by atoms with Crippen molar-refractivity contribution in [3.8, 4) is 5.75 Å². The minimum Gasteiger partial charge on any atom is -0.494 e. The molecule has 1 aromatic carbocycles. The van der Waals surface area contributed by atoms with Gasteiger partial charge in [-0.15, -0.1) is 0 Å². The first-order chi connectivity index (χ1) is 9.43. The number of nitro benzene ring substituents is 1. The van der Waals surface area contributed by atoms with Gasteiger partial charge in [-0.1, -0.05) is 0 Å². The fraction of sp³-hybridized carbons (Fsp3) is 0.571. The molecule has 1 rings (SSSR count). The second-order valence-corrected chi connectivity index (χ2v) is 4.91. The number of hydrogen-bond donors (Lipinski definition) is 1. The van der Waals surface area contributed by atoms with E-state index in [0.717, 1.165) is 13.1 Å². The van der Waals surface area contributed by atoms with Crippen LogP contribution in [0, 0.1) is 10.1 Å². The molecule has 6 heteroatoms. The second-order valence-electron chi connectivity index (χ2n) is 4.91. The van der Waals surface area contributed by atoms with E-state index in [1.54, 1.807) is 6.07 Å². The summed E-state index contributed by atoms with van der Waals surface area (Å²) in [6.07, 6.45) is 0. The number of anilines is 1. The van der Waals surface area contributed by atoms with E-state index >= 15 is 0 Å². The van der Waals surface area contributed by atoms with Crippen LogP contribution in [0.4, 0.5) is 11.4 Å². The average Bonchev–Trinajstić information content (AvgIpc) is 2.38. The van der Waals surface area contributed by atoms with Crippen LogP contribution in [0.15, 0.2) is 18.2 Å². The molecule has 0 spiro atoms. The average molecular weight is 281 g/mol. The fourth-order valence-electron chi connectivity index (χ4n) is 1.68. The summed E-state index contributed by atoms with van der Waals surface area (Å²) in [5.41, 5.74) is 0.746. The molecule has 0 atom stereocenters. The molecule has 0 radical (unpaired) electrons. The predicted octanol–water partition coefficient (Wildman–Crippen LogP) is 2.75. The highest BCUT2D eigenvalue weighted by Gasteiger charge is 2.10.